The third-order valence-corrected chi connectivity index (χ3v) is 5.29. The van der Waals surface area contributed by atoms with Crippen LogP contribution >= 0.6 is 0 Å². The number of methoxy groups -OCH3 is 1. The number of aliphatic imine (C=N–C) groups is 1. The maximum atomic E-state index is 11.3. The molecule has 0 heterocycles. The van der Waals surface area contributed by atoms with Crippen molar-refractivity contribution in [2.75, 3.05) is 27.2 Å². The SMILES string of the molecule is CN=C(NCCc1ccc(S(N)(=O)=O)cc1)NCCc1ccc(C)c(OC)c1. The summed E-state index contributed by atoms with van der Waals surface area (Å²) in [5.74, 6) is 1.62. The Balaban J connectivity index is 1.77. The molecular weight excluding hydrogens is 376 g/mol. The van der Waals surface area contributed by atoms with E-state index >= 15 is 0 Å². The van der Waals surface area contributed by atoms with Gasteiger partial charge >= 0.3 is 0 Å². The third-order valence-electron chi connectivity index (χ3n) is 4.36. The van der Waals surface area contributed by atoms with Gasteiger partial charge in [-0.25, -0.2) is 13.6 Å². The van der Waals surface area contributed by atoms with E-state index in [1.807, 2.05) is 6.92 Å². The second kappa shape index (κ2) is 10.1. The highest BCUT2D eigenvalue weighted by atomic mass is 32.2. The van der Waals surface area contributed by atoms with E-state index in [0.29, 0.717) is 6.54 Å². The molecule has 0 unspecified atom stereocenters. The summed E-state index contributed by atoms with van der Waals surface area (Å²) in [6, 6.07) is 12.8. The van der Waals surface area contributed by atoms with Crippen molar-refractivity contribution in [2.45, 2.75) is 24.7 Å². The number of sulfonamides is 1. The van der Waals surface area contributed by atoms with Crippen LogP contribution in [0, 0.1) is 6.92 Å². The zero-order valence-electron chi connectivity index (χ0n) is 16.5. The first-order chi connectivity index (χ1) is 13.3. The molecule has 0 aliphatic rings. The molecule has 2 rings (SSSR count). The first kappa shape index (κ1) is 21.7. The van der Waals surface area contributed by atoms with Crippen LogP contribution in [0.15, 0.2) is 52.4 Å². The Kier molecular flexibility index (Phi) is 7.83. The van der Waals surface area contributed by atoms with Gasteiger partial charge in [-0.15, -0.1) is 0 Å². The van der Waals surface area contributed by atoms with Crippen LogP contribution in [0.2, 0.25) is 0 Å². The lowest BCUT2D eigenvalue weighted by atomic mass is 10.1. The largest absolute Gasteiger partial charge is 0.496 e. The Bertz CT molecular complexity index is 910. The summed E-state index contributed by atoms with van der Waals surface area (Å²) in [6.07, 6.45) is 1.59. The number of benzene rings is 2. The van der Waals surface area contributed by atoms with Crippen LogP contribution in [0.3, 0.4) is 0 Å². The van der Waals surface area contributed by atoms with Crippen LogP contribution < -0.4 is 20.5 Å². The number of nitrogens with one attached hydrogen (secondary N) is 2. The molecule has 0 aromatic heterocycles. The topological polar surface area (TPSA) is 106 Å². The average Bonchev–Trinajstić information content (AvgIpc) is 2.67. The van der Waals surface area contributed by atoms with Gasteiger partial charge in [0.1, 0.15) is 5.75 Å². The maximum Gasteiger partial charge on any atom is 0.238 e. The van der Waals surface area contributed by atoms with Gasteiger partial charge in [0.05, 0.1) is 12.0 Å². The fourth-order valence-electron chi connectivity index (χ4n) is 2.74. The van der Waals surface area contributed by atoms with Crippen LogP contribution in [-0.2, 0) is 22.9 Å². The van der Waals surface area contributed by atoms with Gasteiger partial charge in [0.15, 0.2) is 5.96 Å². The minimum absolute atomic E-state index is 0.120. The molecule has 2 aromatic carbocycles. The molecule has 0 bridgehead atoms. The predicted octanol–water partition coefficient (Wildman–Crippen LogP) is 1.60. The van der Waals surface area contributed by atoms with Crippen LogP contribution in [0.1, 0.15) is 16.7 Å². The molecule has 0 saturated carbocycles. The molecule has 0 spiro atoms. The Morgan fingerprint density at radius 3 is 2.14 bits per heavy atom. The zero-order valence-corrected chi connectivity index (χ0v) is 17.3. The molecule has 28 heavy (non-hydrogen) atoms. The molecule has 0 radical (unpaired) electrons. The minimum atomic E-state index is -3.65. The summed E-state index contributed by atoms with van der Waals surface area (Å²) in [6.45, 7) is 3.44. The molecule has 2 aromatic rings. The van der Waals surface area contributed by atoms with Crippen molar-refractivity contribution in [1.29, 1.82) is 0 Å². The van der Waals surface area contributed by atoms with Crippen LogP contribution in [-0.4, -0.2) is 41.6 Å². The minimum Gasteiger partial charge on any atom is -0.496 e. The zero-order chi connectivity index (χ0) is 20.6. The maximum absolute atomic E-state index is 11.3. The smallest absolute Gasteiger partial charge is 0.238 e. The lowest BCUT2D eigenvalue weighted by molar-refractivity contribution is 0.411. The highest BCUT2D eigenvalue weighted by Gasteiger charge is 2.07. The van der Waals surface area contributed by atoms with Gasteiger partial charge in [-0.2, -0.15) is 0 Å². The number of primary sulfonamides is 1. The van der Waals surface area contributed by atoms with E-state index in [1.54, 1.807) is 26.3 Å². The first-order valence-corrected chi connectivity index (χ1v) is 10.6. The lowest BCUT2D eigenvalue weighted by Crippen LogP contribution is -2.39. The van der Waals surface area contributed by atoms with Crippen molar-refractivity contribution in [3.8, 4) is 5.75 Å². The van der Waals surface area contributed by atoms with Crippen LogP contribution in [0.4, 0.5) is 0 Å². The van der Waals surface area contributed by atoms with Gasteiger partial charge < -0.3 is 15.4 Å². The first-order valence-electron chi connectivity index (χ1n) is 9.03. The molecule has 0 atom stereocenters. The fourth-order valence-corrected chi connectivity index (χ4v) is 3.25. The van der Waals surface area contributed by atoms with E-state index in [0.717, 1.165) is 42.2 Å². The van der Waals surface area contributed by atoms with E-state index in [1.165, 1.54) is 17.7 Å². The monoisotopic (exact) mass is 404 g/mol. The molecule has 0 amide bonds. The van der Waals surface area contributed by atoms with Crippen molar-refractivity contribution in [1.82, 2.24) is 10.6 Å². The number of hydrogen-bond acceptors (Lipinski definition) is 4. The highest BCUT2D eigenvalue weighted by Crippen LogP contribution is 2.19. The fraction of sp³-hybridized carbons (Fsp3) is 0.350. The van der Waals surface area contributed by atoms with Gasteiger partial charge in [-0.3, -0.25) is 4.99 Å². The second-order valence-electron chi connectivity index (χ2n) is 6.42. The number of nitrogens with zero attached hydrogens (tertiary/aromatic N) is 1. The summed E-state index contributed by atoms with van der Waals surface area (Å²) in [7, 11) is -0.244. The van der Waals surface area contributed by atoms with Crippen molar-refractivity contribution in [3.05, 3.63) is 59.2 Å². The number of hydrogen-bond donors (Lipinski definition) is 3. The van der Waals surface area contributed by atoms with E-state index in [9.17, 15) is 8.42 Å². The number of ether oxygens (including phenoxy) is 1. The van der Waals surface area contributed by atoms with Gasteiger partial charge in [-0.1, -0.05) is 24.3 Å². The standard InChI is InChI=1S/C20H28N4O3S/c1-15-4-5-17(14-19(15)27-3)11-13-24-20(22-2)23-12-10-16-6-8-18(9-7-16)28(21,25)26/h4-9,14H,10-13H2,1-3H3,(H2,21,25,26)(H2,22,23,24). The van der Waals surface area contributed by atoms with Gasteiger partial charge in [0.2, 0.25) is 10.0 Å². The van der Waals surface area contributed by atoms with E-state index in [-0.39, 0.29) is 4.90 Å². The Morgan fingerprint density at radius 1 is 1.04 bits per heavy atom. The van der Waals surface area contributed by atoms with Crippen LogP contribution in [0.25, 0.3) is 0 Å². The van der Waals surface area contributed by atoms with Crippen LogP contribution in [0.5, 0.6) is 5.75 Å². The number of rotatable bonds is 8. The van der Waals surface area contributed by atoms with Crippen molar-refractivity contribution in [3.63, 3.8) is 0 Å². The molecule has 0 aliphatic heterocycles. The molecule has 4 N–H and O–H groups in total. The molecule has 152 valence electrons. The molecular formula is C20H28N4O3S. The lowest BCUT2D eigenvalue weighted by Gasteiger charge is -2.13. The second-order valence-corrected chi connectivity index (χ2v) is 7.98. The van der Waals surface area contributed by atoms with Gasteiger partial charge in [0, 0.05) is 20.1 Å². The third kappa shape index (κ3) is 6.54. The number of guanidine groups is 1. The molecule has 0 fully saturated rings. The molecule has 0 aliphatic carbocycles. The number of nitrogens with two attached hydrogens (primary N) is 1. The van der Waals surface area contributed by atoms with E-state index < -0.39 is 10.0 Å². The van der Waals surface area contributed by atoms with E-state index in [4.69, 9.17) is 9.88 Å². The van der Waals surface area contributed by atoms with Crippen molar-refractivity contribution in [2.24, 2.45) is 10.1 Å². The molecule has 7 nitrogen and oxygen atoms in total. The molecule has 8 heteroatoms. The molecule has 0 saturated heterocycles. The normalized spacial score (nSPS) is 11.9. The summed E-state index contributed by atoms with van der Waals surface area (Å²) in [5, 5.41) is 11.6. The van der Waals surface area contributed by atoms with Gasteiger partial charge in [-0.05, 0) is 54.7 Å². The predicted molar refractivity (Wildman–Crippen MR) is 112 cm³/mol. The Hall–Kier alpha value is -2.58. The Morgan fingerprint density at radius 2 is 1.61 bits per heavy atom. The summed E-state index contributed by atoms with van der Waals surface area (Å²) in [4.78, 5) is 4.34. The van der Waals surface area contributed by atoms with Crippen molar-refractivity contribution < 1.29 is 13.2 Å². The highest BCUT2D eigenvalue weighted by molar-refractivity contribution is 7.89. The Labute approximate surface area is 167 Å². The summed E-state index contributed by atoms with van der Waals surface area (Å²) in [5.41, 5.74) is 3.33. The number of aryl methyl sites for hydroxylation is 1. The quantitative estimate of drug-likeness (QED) is 0.458. The van der Waals surface area contributed by atoms with E-state index in [2.05, 4.69) is 33.8 Å². The van der Waals surface area contributed by atoms with Gasteiger partial charge in [0.25, 0.3) is 0 Å². The summed E-state index contributed by atoms with van der Waals surface area (Å²) >= 11 is 0. The van der Waals surface area contributed by atoms with Crippen molar-refractivity contribution >= 4 is 16.0 Å². The average molecular weight is 405 g/mol. The summed E-state index contributed by atoms with van der Waals surface area (Å²) < 4.78 is 27.9.